The van der Waals surface area contributed by atoms with Crippen LogP contribution in [0, 0.1) is 11.2 Å². The molecule has 2 aromatic rings. The van der Waals surface area contributed by atoms with Crippen LogP contribution in [0.15, 0.2) is 28.7 Å². The minimum Gasteiger partial charge on any atom is -0.418 e. The molecule has 1 heterocycles. The Morgan fingerprint density at radius 1 is 1.22 bits per heavy atom. The first-order valence-corrected chi connectivity index (χ1v) is 6.88. The monoisotopic (exact) mass is 320 g/mol. The standard InChI is InChI=1S/C15H17FN4O3/c1-15(2,3)14(22)18-10(11(17)21)13-20-19-12(23-13)8-4-6-9(16)7-5-8/h4-7,10H,1-3H3,(H2,17,21)(H,18,22)/t10-/m1/s1. The molecule has 3 N–H and O–H groups in total. The maximum absolute atomic E-state index is 12.9. The molecule has 0 bridgehead atoms. The van der Waals surface area contributed by atoms with Gasteiger partial charge in [0.15, 0.2) is 6.04 Å². The van der Waals surface area contributed by atoms with Crippen molar-refractivity contribution >= 4 is 11.8 Å². The van der Waals surface area contributed by atoms with Gasteiger partial charge in [-0.3, -0.25) is 9.59 Å². The number of nitrogens with zero attached hydrogens (tertiary/aromatic N) is 2. The molecule has 0 aliphatic heterocycles. The maximum Gasteiger partial charge on any atom is 0.249 e. The molecular formula is C15H17FN4O3. The summed E-state index contributed by atoms with van der Waals surface area (Å²) in [7, 11) is 0. The Balaban J connectivity index is 2.26. The van der Waals surface area contributed by atoms with Crippen molar-refractivity contribution in [3.05, 3.63) is 36.0 Å². The number of aromatic nitrogens is 2. The Kier molecular flexibility index (Phi) is 4.44. The minimum atomic E-state index is -1.23. The Morgan fingerprint density at radius 2 is 1.83 bits per heavy atom. The van der Waals surface area contributed by atoms with E-state index in [2.05, 4.69) is 15.5 Å². The molecule has 0 fully saturated rings. The fourth-order valence-corrected chi connectivity index (χ4v) is 1.66. The van der Waals surface area contributed by atoms with Crippen molar-refractivity contribution in [3.8, 4) is 11.5 Å². The van der Waals surface area contributed by atoms with E-state index in [0.29, 0.717) is 5.56 Å². The normalized spacial score (nSPS) is 12.7. The third kappa shape index (κ3) is 3.91. The summed E-state index contributed by atoms with van der Waals surface area (Å²) in [5, 5.41) is 10.0. The van der Waals surface area contributed by atoms with Gasteiger partial charge in [-0.1, -0.05) is 20.8 Å². The number of carbonyl (C=O) groups excluding carboxylic acids is 2. The van der Waals surface area contributed by atoms with Crippen molar-refractivity contribution in [2.45, 2.75) is 26.8 Å². The fourth-order valence-electron chi connectivity index (χ4n) is 1.66. The molecule has 0 aliphatic rings. The molecule has 7 nitrogen and oxygen atoms in total. The summed E-state index contributed by atoms with van der Waals surface area (Å²) in [4.78, 5) is 23.6. The second-order valence-electron chi connectivity index (χ2n) is 6.01. The van der Waals surface area contributed by atoms with Crippen LogP contribution in [0.4, 0.5) is 4.39 Å². The van der Waals surface area contributed by atoms with Crippen molar-refractivity contribution in [1.82, 2.24) is 15.5 Å². The number of benzene rings is 1. The van der Waals surface area contributed by atoms with E-state index in [0.717, 1.165) is 0 Å². The Morgan fingerprint density at radius 3 is 2.35 bits per heavy atom. The second-order valence-corrected chi connectivity index (χ2v) is 6.01. The highest BCUT2D eigenvalue weighted by molar-refractivity contribution is 5.89. The SMILES string of the molecule is CC(C)(C)C(=O)N[C@H](C(N)=O)c1nnc(-c2ccc(F)cc2)o1. The Bertz CT molecular complexity index is 719. The van der Waals surface area contributed by atoms with Crippen LogP contribution in [0.2, 0.25) is 0 Å². The third-order valence-corrected chi connectivity index (χ3v) is 3.02. The topological polar surface area (TPSA) is 111 Å². The summed E-state index contributed by atoms with van der Waals surface area (Å²) >= 11 is 0. The number of nitrogens with two attached hydrogens (primary N) is 1. The molecule has 1 aromatic heterocycles. The zero-order valence-corrected chi connectivity index (χ0v) is 13.0. The Hall–Kier alpha value is -2.77. The first-order chi connectivity index (χ1) is 10.7. The van der Waals surface area contributed by atoms with E-state index in [1.807, 2.05) is 0 Å². The van der Waals surface area contributed by atoms with Gasteiger partial charge in [0, 0.05) is 11.0 Å². The van der Waals surface area contributed by atoms with Crippen molar-refractivity contribution in [3.63, 3.8) is 0 Å². The van der Waals surface area contributed by atoms with Gasteiger partial charge >= 0.3 is 0 Å². The molecule has 1 atom stereocenters. The van der Waals surface area contributed by atoms with E-state index < -0.39 is 23.2 Å². The van der Waals surface area contributed by atoms with Gasteiger partial charge in [-0.2, -0.15) is 0 Å². The summed E-state index contributed by atoms with van der Waals surface area (Å²) in [6.07, 6.45) is 0. The molecular weight excluding hydrogens is 303 g/mol. The number of primary amides is 1. The van der Waals surface area contributed by atoms with Crippen molar-refractivity contribution in [2.75, 3.05) is 0 Å². The van der Waals surface area contributed by atoms with Crippen molar-refractivity contribution < 1.29 is 18.4 Å². The highest BCUT2D eigenvalue weighted by Gasteiger charge is 2.31. The molecule has 0 saturated carbocycles. The molecule has 0 radical (unpaired) electrons. The largest absolute Gasteiger partial charge is 0.418 e. The zero-order valence-electron chi connectivity index (χ0n) is 13.0. The number of carbonyl (C=O) groups is 2. The lowest BCUT2D eigenvalue weighted by molar-refractivity contribution is -0.133. The van der Waals surface area contributed by atoms with Gasteiger partial charge in [0.2, 0.25) is 23.6 Å². The molecule has 1 aromatic carbocycles. The van der Waals surface area contributed by atoms with Crippen LogP contribution in [-0.2, 0) is 9.59 Å². The highest BCUT2D eigenvalue weighted by atomic mass is 19.1. The van der Waals surface area contributed by atoms with Crippen LogP contribution in [0.1, 0.15) is 32.7 Å². The molecule has 0 unspecified atom stereocenters. The molecule has 2 rings (SSSR count). The number of nitrogens with one attached hydrogen (secondary N) is 1. The lowest BCUT2D eigenvalue weighted by atomic mass is 9.95. The van der Waals surface area contributed by atoms with Gasteiger partial charge in [-0.05, 0) is 24.3 Å². The van der Waals surface area contributed by atoms with E-state index >= 15 is 0 Å². The number of rotatable bonds is 4. The predicted octanol–water partition coefficient (Wildman–Crippen LogP) is 1.56. The first kappa shape index (κ1) is 16.6. The van der Waals surface area contributed by atoms with Gasteiger partial charge in [-0.15, -0.1) is 10.2 Å². The van der Waals surface area contributed by atoms with E-state index in [-0.39, 0.29) is 17.7 Å². The van der Waals surface area contributed by atoms with Gasteiger partial charge in [0.05, 0.1) is 0 Å². The maximum atomic E-state index is 12.9. The van der Waals surface area contributed by atoms with Crippen LogP contribution < -0.4 is 11.1 Å². The van der Waals surface area contributed by atoms with E-state index in [9.17, 15) is 14.0 Å². The summed E-state index contributed by atoms with van der Waals surface area (Å²) in [6.45, 7) is 5.08. The molecule has 0 saturated heterocycles. The summed E-state index contributed by atoms with van der Waals surface area (Å²) < 4.78 is 18.3. The Labute approximate surface area is 132 Å². The van der Waals surface area contributed by atoms with E-state index in [1.54, 1.807) is 20.8 Å². The number of halogens is 1. The van der Waals surface area contributed by atoms with Crippen LogP contribution in [0.25, 0.3) is 11.5 Å². The molecule has 2 amide bonds. The highest BCUT2D eigenvalue weighted by Crippen LogP contribution is 2.22. The number of hydrogen-bond acceptors (Lipinski definition) is 5. The lowest BCUT2D eigenvalue weighted by Crippen LogP contribution is -2.42. The van der Waals surface area contributed by atoms with Crippen molar-refractivity contribution in [1.29, 1.82) is 0 Å². The van der Waals surface area contributed by atoms with Gasteiger partial charge < -0.3 is 15.5 Å². The second kappa shape index (κ2) is 6.15. The predicted molar refractivity (Wildman–Crippen MR) is 79.2 cm³/mol. The van der Waals surface area contributed by atoms with E-state index in [1.165, 1.54) is 24.3 Å². The molecule has 8 heteroatoms. The summed E-state index contributed by atoms with van der Waals surface area (Å²) in [5.41, 5.74) is 5.06. The average molecular weight is 320 g/mol. The minimum absolute atomic E-state index is 0.0938. The lowest BCUT2D eigenvalue weighted by Gasteiger charge is -2.20. The quantitative estimate of drug-likeness (QED) is 0.888. The first-order valence-electron chi connectivity index (χ1n) is 6.88. The van der Waals surface area contributed by atoms with Crippen molar-refractivity contribution in [2.24, 2.45) is 11.1 Å². The average Bonchev–Trinajstić information content (AvgIpc) is 2.93. The fraction of sp³-hybridized carbons (Fsp3) is 0.333. The smallest absolute Gasteiger partial charge is 0.249 e. The number of amides is 2. The molecule has 0 aliphatic carbocycles. The summed E-state index contributed by atoms with van der Waals surface area (Å²) in [5.74, 6) is -1.65. The third-order valence-electron chi connectivity index (χ3n) is 3.02. The molecule has 122 valence electrons. The molecule has 23 heavy (non-hydrogen) atoms. The zero-order chi connectivity index (χ0) is 17.2. The number of hydrogen-bond donors (Lipinski definition) is 2. The van der Waals surface area contributed by atoms with Gasteiger partial charge in [0.25, 0.3) is 0 Å². The summed E-state index contributed by atoms with van der Waals surface area (Å²) in [6, 6.07) is 4.17. The van der Waals surface area contributed by atoms with Crippen LogP contribution in [0.3, 0.4) is 0 Å². The van der Waals surface area contributed by atoms with Crippen LogP contribution in [0.5, 0.6) is 0 Å². The van der Waals surface area contributed by atoms with Crippen LogP contribution >= 0.6 is 0 Å². The van der Waals surface area contributed by atoms with E-state index in [4.69, 9.17) is 10.2 Å². The van der Waals surface area contributed by atoms with Gasteiger partial charge in [0.1, 0.15) is 5.82 Å². The van der Waals surface area contributed by atoms with Gasteiger partial charge in [-0.25, -0.2) is 4.39 Å². The van der Waals surface area contributed by atoms with Crippen LogP contribution in [-0.4, -0.2) is 22.0 Å². The molecule has 0 spiro atoms.